The molecule has 5 heteroatoms. The molecule has 0 aliphatic carbocycles. The Hall–Kier alpha value is -2.43. The van der Waals surface area contributed by atoms with Crippen molar-refractivity contribution in [3.05, 3.63) is 64.0 Å². The molecule has 20 heavy (non-hydrogen) atoms. The van der Waals surface area contributed by atoms with Crippen molar-refractivity contribution in [3.63, 3.8) is 0 Å². The number of rotatable bonds is 5. The molecule has 0 radical (unpaired) electrons. The first-order valence-electron chi connectivity index (χ1n) is 6.51. The average Bonchev–Trinajstić information content (AvgIpc) is 2.45. The van der Waals surface area contributed by atoms with Gasteiger partial charge in [0.25, 0.3) is 5.69 Å². The number of hydrogen-bond donors (Lipinski definition) is 0. The van der Waals surface area contributed by atoms with Gasteiger partial charge in [0.2, 0.25) is 0 Å². The maximum absolute atomic E-state index is 10.8. The van der Waals surface area contributed by atoms with Gasteiger partial charge >= 0.3 is 0 Å². The number of nitro groups is 1. The highest BCUT2D eigenvalue weighted by atomic mass is 16.6. The topological polar surface area (TPSA) is 59.3 Å². The lowest BCUT2D eigenvalue weighted by Crippen LogP contribution is -2.22. The summed E-state index contributed by atoms with van der Waals surface area (Å²) < 4.78 is 0. The lowest BCUT2D eigenvalue weighted by atomic mass is 10.1. The monoisotopic (exact) mass is 271 g/mol. The zero-order valence-electron chi connectivity index (χ0n) is 11.6. The van der Waals surface area contributed by atoms with E-state index < -0.39 is 0 Å². The number of aromatic nitrogens is 1. The highest BCUT2D eigenvalue weighted by Gasteiger charge is 2.13. The van der Waals surface area contributed by atoms with E-state index in [0.717, 1.165) is 17.9 Å². The summed E-state index contributed by atoms with van der Waals surface area (Å²) in [7, 11) is 0. The minimum atomic E-state index is -0.353. The molecule has 0 aliphatic heterocycles. The fourth-order valence-corrected chi connectivity index (χ4v) is 2.11. The molecule has 0 unspecified atom stereocenters. The van der Waals surface area contributed by atoms with E-state index in [9.17, 15) is 10.1 Å². The highest BCUT2D eigenvalue weighted by molar-refractivity contribution is 5.55. The van der Waals surface area contributed by atoms with Crippen LogP contribution in [0.15, 0.2) is 42.6 Å². The van der Waals surface area contributed by atoms with Gasteiger partial charge in [-0.15, -0.1) is 0 Å². The van der Waals surface area contributed by atoms with Gasteiger partial charge in [-0.05, 0) is 38.1 Å². The fraction of sp³-hybridized carbons (Fsp3) is 0.267. The van der Waals surface area contributed by atoms with Crippen LogP contribution in [0.3, 0.4) is 0 Å². The molecule has 5 nitrogen and oxygen atoms in total. The summed E-state index contributed by atoms with van der Waals surface area (Å²) in [6.45, 7) is 5.32. The maximum atomic E-state index is 10.8. The molecule has 1 aromatic carbocycles. The summed E-state index contributed by atoms with van der Waals surface area (Å²) in [5, 5.41) is 10.8. The Morgan fingerprint density at radius 2 is 2.10 bits per heavy atom. The number of hydrogen-bond acceptors (Lipinski definition) is 4. The van der Waals surface area contributed by atoms with Crippen molar-refractivity contribution in [2.24, 2.45) is 0 Å². The van der Waals surface area contributed by atoms with Crippen LogP contribution < -0.4 is 4.90 Å². The molecule has 0 bridgehead atoms. The van der Waals surface area contributed by atoms with E-state index in [0.29, 0.717) is 12.1 Å². The largest absolute Gasteiger partial charge is 0.366 e. The van der Waals surface area contributed by atoms with Crippen LogP contribution in [-0.4, -0.2) is 16.5 Å². The zero-order valence-corrected chi connectivity index (χ0v) is 11.6. The normalized spacial score (nSPS) is 10.3. The van der Waals surface area contributed by atoms with Crippen LogP contribution in [0.25, 0.3) is 0 Å². The minimum Gasteiger partial charge on any atom is -0.366 e. The van der Waals surface area contributed by atoms with E-state index in [1.54, 1.807) is 25.3 Å². The molecule has 0 spiro atoms. The molecule has 1 heterocycles. The van der Waals surface area contributed by atoms with Crippen molar-refractivity contribution in [1.29, 1.82) is 0 Å². The van der Waals surface area contributed by atoms with Gasteiger partial charge < -0.3 is 4.90 Å². The molecule has 0 atom stereocenters. The van der Waals surface area contributed by atoms with E-state index >= 15 is 0 Å². The first-order valence-corrected chi connectivity index (χ1v) is 6.51. The Morgan fingerprint density at radius 3 is 2.65 bits per heavy atom. The van der Waals surface area contributed by atoms with Gasteiger partial charge in [-0.1, -0.05) is 6.07 Å². The lowest BCUT2D eigenvalue weighted by Gasteiger charge is -2.23. The molecule has 0 amide bonds. The highest BCUT2D eigenvalue weighted by Crippen LogP contribution is 2.25. The van der Waals surface area contributed by atoms with Crippen molar-refractivity contribution in [3.8, 4) is 0 Å². The molecule has 0 fully saturated rings. The first kappa shape index (κ1) is 14.0. The van der Waals surface area contributed by atoms with E-state index in [1.807, 2.05) is 24.3 Å². The lowest BCUT2D eigenvalue weighted by molar-refractivity contribution is -0.385. The summed E-state index contributed by atoms with van der Waals surface area (Å²) in [6, 6.07) is 11.0. The Morgan fingerprint density at radius 1 is 1.30 bits per heavy atom. The third kappa shape index (κ3) is 3.12. The molecular formula is C15H17N3O2. The van der Waals surface area contributed by atoms with Crippen LogP contribution in [-0.2, 0) is 6.54 Å². The third-order valence-electron chi connectivity index (χ3n) is 3.20. The quantitative estimate of drug-likeness (QED) is 0.618. The molecule has 2 aromatic rings. The predicted molar refractivity (Wildman–Crippen MR) is 78.8 cm³/mol. The van der Waals surface area contributed by atoms with Crippen molar-refractivity contribution < 1.29 is 4.92 Å². The fourth-order valence-electron chi connectivity index (χ4n) is 2.11. The predicted octanol–water partition coefficient (Wildman–Crippen LogP) is 3.32. The van der Waals surface area contributed by atoms with Gasteiger partial charge in [-0.25, -0.2) is 0 Å². The summed E-state index contributed by atoms with van der Waals surface area (Å²) in [5.74, 6) is 0. The number of nitro benzene ring substituents is 1. The van der Waals surface area contributed by atoms with E-state index in [-0.39, 0.29) is 10.6 Å². The molecule has 0 saturated carbocycles. The van der Waals surface area contributed by atoms with Crippen LogP contribution in [0.1, 0.15) is 18.2 Å². The summed E-state index contributed by atoms with van der Waals surface area (Å²) in [5.41, 5.74) is 2.78. The van der Waals surface area contributed by atoms with Gasteiger partial charge in [0.05, 0.1) is 17.2 Å². The van der Waals surface area contributed by atoms with Crippen LogP contribution in [0.5, 0.6) is 0 Å². The van der Waals surface area contributed by atoms with E-state index in [4.69, 9.17) is 0 Å². The van der Waals surface area contributed by atoms with Crippen LogP contribution in [0.2, 0.25) is 0 Å². The van der Waals surface area contributed by atoms with Gasteiger partial charge in [-0.2, -0.15) is 0 Å². The van der Waals surface area contributed by atoms with Gasteiger partial charge in [0.15, 0.2) is 0 Å². The average molecular weight is 271 g/mol. The van der Waals surface area contributed by atoms with Gasteiger partial charge in [-0.3, -0.25) is 15.1 Å². The summed E-state index contributed by atoms with van der Waals surface area (Å²) in [6.07, 6.45) is 1.77. The molecule has 0 saturated heterocycles. The van der Waals surface area contributed by atoms with Crippen molar-refractivity contribution >= 4 is 11.4 Å². The van der Waals surface area contributed by atoms with Gasteiger partial charge in [0, 0.05) is 30.1 Å². The SMILES string of the molecule is CCN(Cc1ccccn1)c1ccc([N+](=O)[O-])c(C)c1. The number of pyridine rings is 1. The van der Waals surface area contributed by atoms with Crippen LogP contribution in [0.4, 0.5) is 11.4 Å². The number of benzene rings is 1. The zero-order chi connectivity index (χ0) is 14.5. The maximum Gasteiger partial charge on any atom is 0.272 e. The number of anilines is 1. The first-order chi connectivity index (χ1) is 9.61. The Labute approximate surface area is 118 Å². The second kappa shape index (κ2) is 6.14. The minimum absolute atomic E-state index is 0.155. The molecule has 0 N–H and O–H groups in total. The second-order valence-electron chi connectivity index (χ2n) is 4.56. The van der Waals surface area contributed by atoms with E-state index in [2.05, 4.69) is 16.8 Å². The van der Waals surface area contributed by atoms with Crippen molar-refractivity contribution in [1.82, 2.24) is 4.98 Å². The Bertz CT molecular complexity index is 599. The molecule has 2 rings (SSSR count). The van der Waals surface area contributed by atoms with Gasteiger partial charge in [0.1, 0.15) is 0 Å². The Kier molecular flexibility index (Phi) is 4.30. The summed E-state index contributed by atoms with van der Waals surface area (Å²) >= 11 is 0. The molecular weight excluding hydrogens is 254 g/mol. The van der Waals surface area contributed by atoms with Crippen molar-refractivity contribution in [2.75, 3.05) is 11.4 Å². The molecule has 0 aliphatic rings. The number of aryl methyl sites for hydroxylation is 1. The summed E-state index contributed by atoms with van der Waals surface area (Å²) in [4.78, 5) is 16.9. The Balaban J connectivity index is 2.24. The standard InChI is InChI=1S/C15H17N3O2/c1-3-17(11-13-6-4-5-9-16-13)14-7-8-15(18(19)20)12(2)10-14/h4-10H,3,11H2,1-2H3. The smallest absolute Gasteiger partial charge is 0.272 e. The number of nitrogens with zero attached hydrogens (tertiary/aromatic N) is 3. The second-order valence-corrected chi connectivity index (χ2v) is 4.56. The van der Waals surface area contributed by atoms with E-state index in [1.165, 1.54) is 0 Å². The van der Waals surface area contributed by atoms with Crippen molar-refractivity contribution in [2.45, 2.75) is 20.4 Å². The van der Waals surface area contributed by atoms with Crippen LogP contribution >= 0.6 is 0 Å². The van der Waals surface area contributed by atoms with Crippen LogP contribution in [0, 0.1) is 17.0 Å². The molecule has 104 valence electrons. The third-order valence-corrected chi connectivity index (χ3v) is 3.20. The molecule has 1 aromatic heterocycles.